The molecule has 1 aromatic rings. The van der Waals surface area contributed by atoms with Crippen LogP contribution in [-0.4, -0.2) is 24.5 Å². The Bertz CT molecular complexity index is 398. The van der Waals surface area contributed by atoms with Crippen LogP contribution >= 0.6 is 0 Å². The number of esters is 1. The van der Waals surface area contributed by atoms with Gasteiger partial charge in [0.25, 0.3) is 0 Å². The summed E-state index contributed by atoms with van der Waals surface area (Å²) in [4.78, 5) is 21.8. The third kappa shape index (κ3) is 2.46. The third-order valence-corrected chi connectivity index (χ3v) is 2.40. The van der Waals surface area contributed by atoms with E-state index >= 15 is 0 Å². The van der Waals surface area contributed by atoms with Gasteiger partial charge in [0.05, 0.1) is 7.11 Å². The molecule has 0 aliphatic heterocycles. The number of hydrogen-bond donors (Lipinski definition) is 1. The largest absolute Gasteiger partial charge is 0.467 e. The van der Waals surface area contributed by atoms with Gasteiger partial charge in [0.15, 0.2) is 6.10 Å². The number of carbonyl (C=O) groups is 2. The molecule has 1 atom stereocenters. The van der Waals surface area contributed by atoms with Crippen LogP contribution < -0.4 is 0 Å². The molecular formula is C12H14O4. The van der Waals surface area contributed by atoms with Crippen molar-refractivity contribution in [1.29, 1.82) is 0 Å². The second-order valence-corrected chi connectivity index (χ2v) is 3.36. The van der Waals surface area contributed by atoms with Gasteiger partial charge >= 0.3 is 5.97 Å². The predicted molar refractivity (Wildman–Crippen MR) is 58.2 cm³/mol. The Balaban J connectivity index is 3.13. The van der Waals surface area contributed by atoms with Crippen LogP contribution in [0.4, 0.5) is 0 Å². The van der Waals surface area contributed by atoms with E-state index < -0.39 is 12.1 Å². The first-order valence-electron chi connectivity index (χ1n) is 4.98. The van der Waals surface area contributed by atoms with Gasteiger partial charge in [-0.2, -0.15) is 0 Å². The van der Waals surface area contributed by atoms with Crippen LogP contribution in [0.15, 0.2) is 18.2 Å². The van der Waals surface area contributed by atoms with Crippen LogP contribution in [0.1, 0.15) is 34.5 Å². The Morgan fingerprint density at radius 1 is 1.56 bits per heavy atom. The molecule has 0 saturated heterocycles. The number of carbonyl (C=O) groups excluding carboxylic acids is 2. The molecule has 0 aliphatic carbocycles. The van der Waals surface area contributed by atoms with Crippen molar-refractivity contribution in [3.05, 3.63) is 34.9 Å². The van der Waals surface area contributed by atoms with Crippen LogP contribution in [0.5, 0.6) is 0 Å². The summed E-state index contributed by atoms with van der Waals surface area (Å²) in [6.45, 7) is 1.89. The number of aliphatic hydroxyl groups excluding tert-OH is 1. The van der Waals surface area contributed by atoms with Crippen molar-refractivity contribution in [3.8, 4) is 0 Å². The lowest BCUT2D eigenvalue weighted by atomic mass is 9.98. The lowest BCUT2D eigenvalue weighted by molar-refractivity contribution is -0.150. The molecule has 4 heteroatoms. The number of ether oxygens (including phenoxy) is 1. The zero-order valence-electron chi connectivity index (χ0n) is 9.27. The molecule has 0 aromatic heterocycles. The summed E-state index contributed by atoms with van der Waals surface area (Å²) in [6.07, 6.45) is 0.0686. The summed E-state index contributed by atoms with van der Waals surface area (Å²) in [5, 5.41) is 9.70. The van der Waals surface area contributed by atoms with Gasteiger partial charge in [-0.15, -0.1) is 0 Å². The molecule has 1 aromatic carbocycles. The molecule has 16 heavy (non-hydrogen) atoms. The van der Waals surface area contributed by atoms with E-state index in [9.17, 15) is 14.7 Å². The Kier molecular flexibility index (Phi) is 4.19. The maximum atomic E-state index is 11.2. The van der Waals surface area contributed by atoms with E-state index in [-0.39, 0.29) is 0 Å². The first-order chi connectivity index (χ1) is 7.63. The topological polar surface area (TPSA) is 63.6 Å². The summed E-state index contributed by atoms with van der Waals surface area (Å²) in [5.74, 6) is -0.700. The minimum atomic E-state index is -1.29. The summed E-state index contributed by atoms with van der Waals surface area (Å²) >= 11 is 0. The molecule has 1 unspecified atom stereocenters. The molecule has 0 fully saturated rings. The van der Waals surface area contributed by atoms with E-state index in [4.69, 9.17) is 0 Å². The van der Waals surface area contributed by atoms with Crippen LogP contribution in [0.25, 0.3) is 0 Å². The van der Waals surface area contributed by atoms with Crippen molar-refractivity contribution in [2.24, 2.45) is 0 Å². The molecule has 0 saturated carbocycles. The minimum absolute atomic E-state index is 0.486. The fourth-order valence-corrected chi connectivity index (χ4v) is 1.51. The molecule has 0 heterocycles. The molecule has 4 nitrogen and oxygen atoms in total. The van der Waals surface area contributed by atoms with Gasteiger partial charge in [-0.1, -0.05) is 19.1 Å². The number of hydrogen-bond acceptors (Lipinski definition) is 4. The van der Waals surface area contributed by atoms with Crippen LogP contribution in [0, 0.1) is 0 Å². The summed E-state index contributed by atoms with van der Waals surface area (Å²) < 4.78 is 4.46. The third-order valence-electron chi connectivity index (χ3n) is 2.40. The Hall–Kier alpha value is -1.68. The maximum absolute atomic E-state index is 11.2. The van der Waals surface area contributed by atoms with Gasteiger partial charge in [-0.05, 0) is 23.6 Å². The summed E-state index contributed by atoms with van der Waals surface area (Å²) in [6, 6.07) is 4.80. The average Bonchev–Trinajstić information content (AvgIpc) is 2.35. The lowest BCUT2D eigenvalue weighted by Crippen LogP contribution is -2.15. The normalized spacial score (nSPS) is 11.9. The molecule has 1 N–H and O–H groups in total. The molecule has 0 bridgehead atoms. The average molecular weight is 222 g/mol. The van der Waals surface area contributed by atoms with E-state index in [1.54, 1.807) is 18.2 Å². The van der Waals surface area contributed by atoms with Gasteiger partial charge in [0.2, 0.25) is 0 Å². The molecule has 1 rings (SSSR count). The quantitative estimate of drug-likeness (QED) is 0.615. The van der Waals surface area contributed by atoms with E-state index in [1.807, 2.05) is 6.92 Å². The highest BCUT2D eigenvalue weighted by atomic mass is 16.5. The fraction of sp³-hybridized carbons (Fsp3) is 0.333. The highest BCUT2D eigenvalue weighted by molar-refractivity contribution is 5.79. The molecule has 86 valence electrons. The molecule has 0 aliphatic rings. The number of aldehydes is 1. The van der Waals surface area contributed by atoms with E-state index in [2.05, 4.69) is 4.74 Å². The van der Waals surface area contributed by atoms with Gasteiger partial charge in [0, 0.05) is 5.56 Å². The molecule has 0 spiro atoms. The van der Waals surface area contributed by atoms with Crippen molar-refractivity contribution in [3.63, 3.8) is 0 Å². The predicted octanol–water partition coefficient (Wildman–Crippen LogP) is 1.27. The highest BCUT2D eigenvalue weighted by Crippen LogP contribution is 2.20. The Morgan fingerprint density at radius 3 is 2.75 bits per heavy atom. The molecule has 0 radical (unpaired) electrons. The summed E-state index contributed by atoms with van der Waals surface area (Å²) in [7, 11) is 1.22. The number of aryl methyl sites for hydroxylation is 1. The second kappa shape index (κ2) is 5.42. The zero-order valence-corrected chi connectivity index (χ0v) is 9.27. The monoisotopic (exact) mass is 222 g/mol. The van der Waals surface area contributed by atoms with E-state index in [1.165, 1.54) is 7.11 Å². The van der Waals surface area contributed by atoms with Crippen LogP contribution in [-0.2, 0) is 16.0 Å². The Morgan fingerprint density at radius 2 is 2.25 bits per heavy atom. The van der Waals surface area contributed by atoms with Crippen LogP contribution in [0.2, 0.25) is 0 Å². The number of methoxy groups -OCH3 is 1. The van der Waals surface area contributed by atoms with Crippen molar-refractivity contribution >= 4 is 12.3 Å². The number of aliphatic hydroxyl groups is 1. The lowest BCUT2D eigenvalue weighted by Gasteiger charge is -2.13. The smallest absolute Gasteiger partial charge is 0.339 e. The van der Waals surface area contributed by atoms with Crippen LogP contribution in [0.3, 0.4) is 0 Å². The van der Waals surface area contributed by atoms with Crippen molar-refractivity contribution in [2.75, 3.05) is 7.11 Å². The van der Waals surface area contributed by atoms with Gasteiger partial charge in [-0.3, -0.25) is 4.79 Å². The van der Waals surface area contributed by atoms with Gasteiger partial charge in [0.1, 0.15) is 6.29 Å². The molecule has 0 amide bonds. The van der Waals surface area contributed by atoms with E-state index in [0.29, 0.717) is 17.5 Å². The van der Waals surface area contributed by atoms with Crippen molar-refractivity contribution < 1.29 is 19.4 Å². The Labute approximate surface area is 93.9 Å². The number of benzene rings is 1. The van der Waals surface area contributed by atoms with Gasteiger partial charge in [-0.25, -0.2) is 4.79 Å². The first-order valence-corrected chi connectivity index (χ1v) is 4.98. The van der Waals surface area contributed by atoms with Crippen molar-refractivity contribution in [1.82, 2.24) is 0 Å². The minimum Gasteiger partial charge on any atom is -0.467 e. The highest BCUT2D eigenvalue weighted by Gasteiger charge is 2.20. The van der Waals surface area contributed by atoms with Crippen molar-refractivity contribution in [2.45, 2.75) is 19.4 Å². The number of rotatable bonds is 4. The van der Waals surface area contributed by atoms with E-state index in [0.717, 1.165) is 11.8 Å². The standard InChI is InChI=1S/C12H14O4/c1-3-9-6-8(7-13)4-5-10(9)11(14)12(15)16-2/h4-7,11,14H,3H2,1-2H3. The first kappa shape index (κ1) is 12.4. The summed E-state index contributed by atoms with van der Waals surface area (Å²) in [5.41, 5.74) is 1.78. The van der Waals surface area contributed by atoms with Gasteiger partial charge < -0.3 is 9.84 Å². The molecular weight excluding hydrogens is 208 g/mol. The fourth-order valence-electron chi connectivity index (χ4n) is 1.51. The second-order valence-electron chi connectivity index (χ2n) is 3.36. The SMILES string of the molecule is CCc1cc(C=O)ccc1C(O)C(=O)OC. The zero-order chi connectivity index (χ0) is 12.1. The maximum Gasteiger partial charge on any atom is 0.339 e.